The highest BCUT2D eigenvalue weighted by Gasteiger charge is 2.08. The summed E-state index contributed by atoms with van der Waals surface area (Å²) >= 11 is 5.92. The van der Waals surface area contributed by atoms with Crippen LogP contribution in [-0.2, 0) is 6.54 Å². The van der Waals surface area contributed by atoms with E-state index in [0.29, 0.717) is 12.0 Å². The Kier molecular flexibility index (Phi) is 5.13. The summed E-state index contributed by atoms with van der Waals surface area (Å²) in [6.45, 7) is 7.63. The molecule has 0 amide bonds. The molecule has 0 radical (unpaired) electrons. The van der Waals surface area contributed by atoms with Crippen molar-refractivity contribution in [2.75, 3.05) is 0 Å². The Morgan fingerprint density at radius 2 is 2.07 bits per heavy atom. The number of hydrogen-bond acceptors (Lipinski definition) is 1. The second-order valence-electron chi connectivity index (χ2n) is 4.19. The van der Waals surface area contributed by atoms with Gasteiger partial charge in [0.25, 0.3) is 0 Å². The maximum absolute atomic E-state index is 5.92. The molecule has 0 fully saturated rings. The molecule has 1 rings (SSSR count). The lowest BCUT2D eigenvalue weighted by atomic mass is 10.0. The van der Waals surface area contributed by atoms with Gasteiger partial charge in [-0.2, -0.15) is 0 Å². The predicted octanol–water partition coefficient (Wildman–Crippen LogP) is 3.86. The molecule has 0 saturated carbocycles. The molecule has 0 aliphatic heterocycles. The van der Waals surface area contributed by atoms with Gasteiger partial charge < -0.3 is 5.32 Å². The molecule has 0 unspecified atom stereocenters. The van der Waals surface area contributed by atoms with Crippen LogP contribution in [-0.4, -0.2) is 6.04 Å². The minimum atomic E-state index is 0.550. The van der Waals surface area contributed by atoms with Crippen LogP contribution < -0.4 is 5.32 Å². The monoisotopic (exact) mass is 225 g/mol. The number of nitrogens with one attached hydrogen (secondary N) is 1. The Bertz CT molecular complexity index is 298. The molecule has 0 heterocycles. The highest BCUT2D eigenvalue weighted by Crippen LogP contribution is 2.12. The van der Waals surface area contributed by atoms with Gasteiger partial charge in [-0.25, -0.2) is 0 Å². The summed E-state index contributed by atoms with van der Waals surface area (Å²) in [6, 6.07) is 8.56. The van der Waals surface area contributed by atoms with Crippen molar-refractivity contribution < 1.29 is 0 Å². The van der Waals surface area contributed by atoms with Gasteiger partial charge in [0.2, 0.25) is 0 Å². The number of hydrogen-bond donors (Lipinski definition) is 1. The van der Waals surface area contributed by atoms with Gasteiger partial charge in [-0.1, -0.05) is 44.0 Å². The zero-order chi connectivity index (χ0) is 11.3. The summed E-state index contributed by atoms with van der Waals surface area (Å²) in [5, 5.41) is 4.33. The lowest BCUT2D eigenvalue weighted by Gasteiger charge is -2.19. The summed E-state index contributed by atoms with van der Waals surface area (Å²) in [6.07, 6.45) is 1.21. The van der Waals surface area contributed by atoms with E-state index in [2.05, 4.69) is 32.2 Å². The van der Waals surface area contributed by atoms with E-state index in [0.717, 1.165) is 11.6 Å². The summed E-state index contributed by atoms with van der Waals surface area (Å²) in [5.74, 6) is 0.712. The Morgan fingerprint density at radius 1 is 1.33 bits per heavy atom. The molecular weight excluding hydrogens is 206 g/mol. The average molecular weight is 226 g/mol. The summed E-state index contributed by atoms with van der Waals surface area (Å²) in [5.41, 5.74) is 1.25. The van der Waals surface area contributed by atoms with E-state index in [1.165, 1.54) is 12.0 Å². The van der Waals surface area contributed by atoms with Crippen molar-refractivity contribution in [1.82, 2.24) is 5.32 Å². The molecule has 2 atom stereocenters. The Hall–Kier alpha value is -0.530. The van der Waals surface area contributed by atoms with E-state index in [-0.39, 0.29) is 0 Å². The van der Waals surface area contributed by atoms with Crippen molar-refractivity contribution >= 4 is 11.6 Å². The van der Waals surface area contributed by atoms with Gasteiger partial charge in [0.15, 0.2) is 0 Å². The van der Waals surface area contributed by atoms with Gasteiger partial charge in [0, 0.05) is 17.6 Å². The topological polar surface area (TPSA) is 12.0 Å². The molecule has 0 aliphatic rings. The molecular formula is C13H20ClN. The second-order valence-corrected chi connectivity index (χ2v) is 4.62. The zero-order valence-electron chi connectivity index (χ0n) is 9.76. The van der Waals surface area contributed by atoms with Gasteiger partial charge in [-0.05, 0) is 30.5 Å². The number of halogens is 1. The van der Waals surface area contributed by atoms with Crippen LogP contribution in [0.3, 0.4) is 0 Å². The molecule has 0 bridgehead atoms. The third-order valence-electron chi connectivity index (χ3n) is 3.01. The lowest BCUT2D eigenvalue weighted by Crippen LogP contribution is -2.31. The minimum absolute atomic E-state index is 0.550. The lowest BCUT2D eigenvalue weighted by molar-refractivity contribution is 0.389. The van der Waals surface area contributed by atoms with Gasteiger partial charge in [0.05, 0.1) is 0 Å². The Morgan fingerprint density at radius 3 is 2.67 bits per heavy atom. The molecule has 15 heavy (non-hydrogen) atoms. The molecule has 1 aromatic rings. The molecule has 0 saturated heterocycles. The van der Waals surface area contributed by atoms with E-state index in [1.54, 1.807) is 0 Å². The number of rotatable bonds is 5. The fourth-order valence-electron chi connectivity index (χ4n) is 1.48. The third kappa shape index (κ3) is 4.23. The van der Waals surface area contributed by atoms with Crippen molar-refractivity contribution in [2.24, 2.45) is 5.92 Å². The highest BCUT2D eigenvalue weighted by atomic mass is 35.5. The fourth-order valence-corrected chi connectivity index (χ4v) is 1.69. The normalized spacial score (nSPS) is 14.9. The van der Waals surface area contributed by atoms with Crippen LogP contribution in [0.5, 0.6) is 0 Å². The standard InChI is InChI=1S/C13H20ClN/c1-4-10(2)11(3)15-9-12-6-5-7-13(14)8-12/h5-8,10-11,15H,4,9H2,1-3H3/t10-,11+/m1/s1. The molecule has 0 spiro atoms. The Balaban J connectivity index is 2.43. The van der Waals surface area contributed by atoms with Gasteiger partial charge in [0.1, 0.15) is 0 Å². The first kappa shape index (κ1) is 12.5. The van der Waals surface area contributed by atoms with Gasteiger partial charge in [-0.3, -0.25) is 0 Å². The SMILES string of the molecule is CC[C@@H](C)[C@H](C)NCc1cccc(Cl)c1. The second kappa shape index (κ2) is 6.14. The first-order chi connectivity index (χ1) is 7.13. The van der Waals surface area contributed by atoms with Crippen LogP contribution in [0.2, 0.25) is 5.02 Å². The first-order valence-electron chi connectivity index (χ1n) is 5.61. The Labute approximate surface area is 97.8 Å². The summed E-state index contributed by atoms with van der Waals surface area (Å²) in [7, 11) is 0. The largest absolute Gasteiger partial charge is 0.310 e. The van der Waals surface area contributed by atoms with Crippen LogP contribution in [0.4, 0.5) is 0 Å². The van der Waals surface area contributed by atoms with Crippen LogP contribution in [0.25, 0.3) is 0 Å². The summed E-state index contributed by atoms with van der Waals surface area (Å²) < 4.78 is 0. The fraction of sp³-hybridized carbons (Fsp3) is 0.538. The zero-order valence-corrected chi connectivity index (χ0v) is 10.5. The average Bonchev–Trinajstić information content (AvgIpc) is 2.25. The van der Waals surface area contributed by atoms with E-state index in [9.17, 15) is 0 Å². The van der Waals surface area contributed by atoms with Crippen LogP contribution >= 0.6 is 11.6 Å². The van der Waals surface area contributed by atoms with Crippen LogP contribution in [0.15, 0.2) is 24.3 Å². The summed E-state index contributed by atoms with van der Waals surface area (Å²) in [4.78, 5) is 0. The van der Waals surface area contributed by atoms with Crippen molar-refractivity contribution in [3.63, 3.8) is 0 Å². The first-order valence-corrected chi connectivity index (χ1v) is 5.99. The van der Waals surface area contributed by atoms with Crippen LogP contribution in [0, 0.1) is 5.92 Å². The number of benzene rings is 1. The van der Waals surface area contributed by atoms with E-state index in [1.807, 2.05) is 18.2 Å². The van der Waals surface area contributed by atoms with E-state index in [4.69, 9.17) is 11.6 Å². The van der Waals surface area contributed by atoms with Crippen molar-refractivity contribution in [3.05, 3.63) is 34.9 Å². The maximum Gasteiger partial charge on any atom is 0.0409 e. The highest BCUT2D eigenvalue weighted by molar-refractivity contribution is 6.30. The molecule has 1 nitrogen and oxygen atoms in total. The quantitative estimate of drug-likeness (QED) is 0.803. The molecule has 0 aromatic heterocycles. The van der Waals surface area contributed by atoms with E-state index < -0.39 is 0 Å². The van der Waals surface area contributed by atoms with Gasteiger partial charge >= 0.3 is 0 Å². The van der Waals surface area contributed by atoms with Crippen molar-refractivity contribution in [2.45, 2.75) is 39.8 Å². The molecule has 1 aromatic carbocycles. The van der Waals surface area contributed by atoms with Crippen LogP contribution in [0.1, 0.15) is 32.8 Å². The third-order valence-corrected chi connectivity index (χ3v) is 3.25. The molecule has 84 valence electrons. The molecule has 0 aliphatic carbocycles. The van der Waals surface area contributed by atoms with Crippen molar-refractivity contribution in [1.29, 1.82) is 0 Å². The van der Waals surface area contributed by atoms with Crippen molar-refractivity contribution in [3.8, 4) is 0 Å². The smallest absolute Gasteiger partial charge is 0.0409 e. The predicted molar refractivity (Wildman–Crippen MR) is 67.2 cm³/mol. The molecule has 1 N–H and O–H groups in total. The molecule has 2 heteroatoms. The van der Waals surface area contributed by atoms with Gasteiger partial charge in [-0.15, -0.1) is 0 Å². The maximum atomic E-state index is 5.92. The minimum Gasteiger partial charge on any atom is -0.310 e. The van der Waals surface area contributed by atoms with E-state index >= 15 is 0 Å².